The smallest absolute Gasteiger partial charge is 0.282 e. The summed E-state index contributed by atoms with van der Waals surface area (Å²) in [4.78, 5) is 0.00667. The molecule has 0 unspecified atom stereocenters. The monoisotopic (exact) mass is 304 g/mol. The number of hydrogen-bond acceptors (Lipinski definition) is 2. The number of rotatable bonds is 2. The quantitative estimate of drug-likeness (QED) is 0.765. The van der Waals surface area contributed by atoms with Gasteiger partial charge in [0.2, 0.25) is 0 Å². The summed E-state index contributed by atoms with van der Waals surface area (Å²) >= 11 is 0. The molecule has 0 saturated heterocycles. The normalized spacial score (nSPS) is 9.10. The highest BCUT2D eigenvalue weighted by atomic mass is 32.2. The van der Waals surface area contributed by atoms with Crippen LogP contribution in [-0.2, 0) is 16.5 Å². The fourth-order valence-corrected chi connectivity index (χ4v) is 2.30. The maximum atomic E-state index is 11.0. The maximum Gasteiger partial charge on any atom is 0.294 e. The van der Waals surface area contributed by atoms with Crippen LogP contribution in [0.4, 0.5) is 0 Å². The lowest BCUT2D eigenvalue weighted by atomic mass is 10.0. The Kier molecular flexibility index (Phi) is 15.9. The molecule has 1 rings (SSSR count). The zero-order chi connectivity index (χ0) is 16.9. The van der Waals surface area contributed by atoms with E-state index in [1.165, 1.54) is 6.07 Å². The van der Waals surface area contributed by atoms with E-state index in [9.17, 15) is 8.42 Å². The second kappa shape index (κ2) is 13.1. The third-order valence-electron chi connectivity index (χ3n) is 2.29. The standard InChI is InChI=1S/C10H14O3S.3C2H6/c1-4-9-5-8(3)10(6-7(9)2)14(11,12)13;3*1-2/h5-6H,4H2,1-3H3,(H,11,12,13);3*1-2H3. The summed E-state index contributed by atoms with van der Waals surface area (Å²) in [7, 11) is -4.08. The maximum absolute atomic E-state index is 11.0. The molecule has 20 heavy (non-hydrogen) atoms. The van der Waals surface area contributed by atoms with Gasteiger partial charge in [0.05, 0.1) is 4.90 Å². The first-order chi connectivity index (χ1) is 9.36. The Morgan fingerprint density at radius 1 is 0.900 bits per heavy atom. The van der Waals surface area contributed by atoms with Crippen LogP contribution in [0, 0.1) is 13.8 Å². The topological polar surface area (TPSA) is 54.4 Å². The van der Waals surface area contributed by atoms with Crippen molar-refractivity contribution in [2.75, 3.05) is 0 Å². The van der Waals surface area contributed by atoms with E-state index in [4.69, 9.17) is 4.55 Å². The minimum absolute atomic E-state index is 0.00667. The van der Waals surface area contributed by atoms with Crippen LogP contribution in [0.25, 0.3) is 0 Å². The Hall–Kier alpha value is -0.870. The van der Waals surface area contributed by atoms with Crippen molar-refractivity contribution in [2.24, 2.45) is 0 Å². The molecular formula is C16H32O3S. The van der Waals surface area contributed by atoms with Crippen molar-refractivity contribution >= 4 is 10.1 Å². The SMILES string of the molecule is CC.CC.CC.CCc1cc(C)c(S(=O)(=O)O)cc1C. The molecule has 0 fully saturated rings. The molecule has 1 aromatic carbocycles. The molecule has 0 aliphatic heterocycles. The van der Waals surface area contributed by atoms with Crippen molar-refractivity contribution in [1.29, 1.82) is 0 Å². The Morgan fingerprint density at radius 2 is 1.30 bits per heavy atom. The van der Waals surface area contributed by atoms with Crippen molar-refractivity contribution in [1.82, 2.24) is 0 Å². The Morgan fingerprint density at radius 3 is 1.60 bits per heavy atom. The second-order valence-electron chi connectivity index (χ2n) is 3.37. The lowest BCUT2D eigenvalue weighted by Gasteiger charge is -2.08. The summed E-state index contributed by atoms with van der Waals surface area (Å²) in [6, 6.07) is 3.32. The number of hydrogen-bond donors (Lipinski definition) is 1. The molecule has 0 radical (unpaired) electrons. The van der Waals surface area contributed by atoms with Crippen molar-refractivity contribution in [3.8, 4) is 0 Å². The molecule has 1 aromatic rings. The van der Waals surface area contributed by atoms with Crippen LogP contribution < -0.4 is 0 Å². The van der Waals surface area contributed by atoms with E-state index in [1.807, 2.05) is 55.4 Å². The first kappa shape index (κ1) is 24.2. The highest BCUT2D eigenvalue weighted by Gasteiger charge is 2.14. The summed E-state index contributed by atoms with van der Waals surface area (Å²) in [5.41, 5.74) is 2.59. The minimum Gasteiger partial charge on any atom is -0.282 e. The van der Waals surface area contributed by atoms with E-state index in [2.05, 4.69) is 0 Å². The van der Waals surface area contributed by atoms with Crippen LogP contribution in [0.5, 0.6) is 0 Å². The molecule has 0 bridgehead atoms. The van der Waals surface area contributed by atoms with Gasteiger partial charge >= 0.3 is 0 Å². The van der Waals surface area contributed by atoms with Crippen molar-refractivity contribution in [3.05, 3.63) is 28.8 Å². The molecule has 0 saturated carbocycles. The zero-order valence-electron chi connectivity index (χ0n) is 14.5. The van der Waals surface area contributed by atoms with E-state index < -0.39 is 10.1 Å². The van der Waals surface area contributed by atoms with Gasteiger partial charge < -0.3 is 0 Å². The minimum atomic E-state index is -4.08. The molecule has 0 spiro atoms. The van der Waals surface area contributed by atoms with Gasteiger partial charge in [0.1, 0.15) is 0 Å². The first-order valence-corrected chi connectivity index (χ1v) is 8.88. The summed E-state index contributed by atoms with van der Waals surface area (Å²) in [6.07, 6.45) is 0.860. The molecule has 0 heterocycles. The summed E-state index contributed by atoms with van der Waals surface area (Å²) in [5, 5.41) is 0. The highest BCUT2D eigenvalue weighted by molar-refractivity contribution is 7.85. The zero-order valence-corrected chi connectivity index (χ0v) is 15.4. The van der Waals surface area contributed by atoms with Crippen molar-refractivity contribution in [2.45, 2.75) is 73.6 Å². The summed E-state index contributed by atoms with van der Waals surface area (Å²) < 4.78 is 30.9. The molecule has 1 N–H and O–H groups in total. The van der Waals surface area contributed by atoms with E-state index in [0.717, 1.165) is 17.5 Å². The third kappa shape index (κ3) is 8.33. The van der Waals surface area contributed by atoms with Crippen LogP contribution in [0.3, 0.4) is 0 Å². The molecule has 3 nitrogen and oxygen atoms in total. The van der Waals surface area contributed by atoms with Gasteiger partial charge in [-0.3, -0.25) is 4.55 Å². The van der Waals surface area contributed by atoms with E-state index in [1.54, 1.807) is 13.0 Å². The summed E-state index contributed by atoms with van der Waals surface area (Å²) in [5.74, 6) is 0. The summed E-state index contributed by atoms with van der Waals surface area (Å²) in [6.45, 7) is 17.5. The molecular weight excluding hydrogens is 272 g/mol. The predicted molar refractivity (Wildman–Crippen MR) is 89.2 cm³/mol. The van der Waals surface area contributed by atoms with Crippen LogP contribution in [0.15, 0.2) is 17.0 Å². The number of aryl methyl sites for hydroxylation is 3. The Balaban J connectivity index is -0.000000425. The van der Waals surface area contributed by atoms with Gasteiger partial charge in [-0.05, 0) is 43.0 Å². The van der Waals surface area contributed by atoms with Gasteiger partial charge in [-0.2, -0.15) is 8.42 Å². The van der Waals surface area contributed by atoms with Gasteiger partial charge in [0.15, 0.2) is 0 Å². The molecule has 0 atom stereocenters. The lowest BCUT2D eigenvalue weighted by Crippen LogP contribution is -2.03. The van der Waals surface area contributed by atoms with Crippen LogP contribution in [0.1, 0.15) is 65.2 Å². The molecule has 0 aromatic heterocycles. The number of benzene rings is 1. The molecule has 120 valence electrons. The molecule has 0 aliphatic rings. The Bertz CT molecular complexity index is 449. The molecule has 0 amide bonds. The van der Waals surface area contributed by atoms with Gasteiger partial charge in [-0.25, -0.2) is 0 Å². The van der Waals surface area contributed by atoms with Crippen LogP contribution >= 0.6 is 0 Å². The Labute approximate surface area is 126 Å². The van der Waals surface area contributed by atoms with E-state index >= 15 is 0 Å². The largest absolute Gasteiger partial charge is 0.294 e. The highest BCUT2D eigenvalue weighted by Crippen LogP contribution is 2.20. The van der Waals surface area contributed by atoms with Crippen molar-refractivity contribution in [3.63, 3.8) is 0 Å². The third-order valence-corrected chi connectivity index (χ3v) is 3.29. The van der Waals surface area contributed by atoms with Gasteiger partial charge in [0.25, 0.3) is 10.1 Å². The average Bonchev–Trinajstić information content (AvgIpc) is 2.46. The second-order valence-corrected chi connectivity index (χ2v) is 4.76. The fraction of sp³-hybridized carbons (Fsp3) is 0.625. The van der Waals surface area contributed by atoms with Gasteiger partial charge in [-0.15, -0.1) is 0 Å². The lowest BCUT2D eigenvalue weighted by molar-refractivity contribution is 0.482. The molecule has 0 aliphatic carbocycles. The van der Waals surface area contributed by atoms with Gasteiger partial charge in [0, 0.05) is 0 Å². The van der Waals surface area contributed by atoms with E-state index in [-0.39, 0.29) is 4.90 Å². The average molecular weight is 304 g/mol. The van der Waals surface area contributed by atoms with Gasteiger partial charge in [-0.1, -0.05) is 54.5 Å². The predicted octanol–water partition coefficient (Wildman–Crippen LogP) is 5.19. The fourth-order valence-electron chi connectivity index (χ4n) is 1.51. The van der Waals surface area contributed by atoms with Crippen LogP contribution in [-0.4, -0.2) is 13.0 Å². The van der Waals surface area contributed by atoms with Crippen LogP contribution in [0.2, 0.25) is 0 Å². The molecule has 4 heteroatoms. The van der Waals surface area contributed by atoms with Crippen molar-refractivity contribution < 1.29 is 13.0 Å². The van der Waals surface area contributed by atoms with E-state index in [0.29, 0.717) is 5.56 Å². The first-order valence-electron chi connectivity index (χ1n) is 7.44.